The highest BCUT2D eigenvalue weighted by Gasteiger charge is 2.49. The number of fused-ring (bicyclic) bond motifs is 2. The highest BCUT2D eigenvalue weighted by atomic mass is 32.2. The number of H-pyrrole nitrogens is 1. The molecular weight excluding hydrogens is 484 g/mol. The van der Waals surface area contributed by atoms with Crippen molar-refractivity contribution in [2.45, 2.75) is 29.6 Å². The number of rotatable bonds is 6. The quantitative estimate of drug-likeness (QED) is 0.517. The third-order valence-electron chi connectivity index (χ3n) is 4.29. The molecular formula is C18H13F6N3O5S. The largest absolute Gasteiger partial charge is 0.491 e. The van der Waals surface area contributed by atoms with Crippen molar-refractivity contribution in [3.63, 3.8) is 0 Å². The Morgan fingerprint density at radius 1 is 1.27 bits per heavy atom. The van der Waals surface area contributed by atoms with E-state index in [0.29, 0.717) is 0 Å². The number of imidazole rings is 1. The van der Waals surface area contributed by atoms with Crippen LogP contribution in [0.2, 0.25) is 0 Å². The van der Waals surface area contributed by atoms with Crippen molar-refractivity contribution in [1.82, 2.24) is 15.0 Å². The van der Waals surface area contributed by atoms with Gasteiger partial charge in [0.1, 0.15) is 0 Å². The van der Waals surface area contributed by atoms with Crippen molar-refractivity contribution in [3.8, 4) is 23.0 Å². The Morgan fingerprint density at radius 3 is 2.73 bits per heavy atom. The number of hydrogen-bond acceptors (Lipinski definition) is 7. The Morgan fingerprint density at radius 2 is 2.03 bits per heavy atom. The summed E-state index contributed by atoms with van der Waals surface area (Å²) in [4.78, 5) is 10.7. The molecule has 0 aliphatic carbocycles. The number of halogens is 6. The van der Waals surface area contributed by atoms with Crippen molar-refractivity contribution in [2.24, 2.45) is 0 Å². The predicted octanol–water partition coefficient (Wildman–Crippen LogP) is 3.88. The fourth-order valence-corrected chi connectivity index (χ4v) is 3.92. The molecule has 3 aromatic rings. The number of alkyl halides is 6. The number of pyridine rings is 1. The Hall–Kier alpha value is -3.23. The lowest BCUT2D eigenvalue weighted by Gasteiger charge is -2.28. The van der Waals surface area contributed by atoms with E-state index in [1.54, 1.807) is 0 Å². The summed E-state index contributed by atoms with van der Waals surface area (Å²) in [7, 11) is -0.739. The minimum Gasteiger partial charge on any atom is -0.491 e. The van der Waals surface area contributed by atoms with Gasteiger partial charge in [0.2, 0.25) is 0 Å². The van der Waals surface area contributed by atoms with Gasteiger partial charge in [-0.05, 0) is 0 Å². The topological polar surface area (TPSA) is 95.6 Å². The van der Waals surface area contributed by atoms with Crippen molar-refractivity contribution >= 4 is 21.8 Å². The van der Waals surface area contributed by atoms with Crippen molar-refractivity contribution < 1.29 is 49.5 Å². The van der Waals surface area contributed by atoms with Gasteiger partial charge in [-0.25, -0.2) is 4.98 Å². The third kappa shape index (κ3) is 4.77. The molecule has 1 aromatic carbocycles. The molecule has 4 rings (SSSR count). The van der Waals surface area contributed by atoms with Crippen molar-refractivity contribution in [2.75, 3.05) is 13.7 Å². The van der Waals surface area contributed by atoms with E-state index in [9.17, 15) is 30.6 Å². The molecule has 178 valence electrons. The highest BCUT2D eigenvalue weighted by Crippen LogP contribution is 2.42. The van der Waals surface area contributed by atoms with Gasteiger partial charge in [-0.3, -0.25) is 9.19 Å². The lowest BCUT2D eigenvalue weighted by atomic mass is 10.2. The lowest BCUT2D eigenvalue weighted by molar-refractivity contribution is -0.281. The standard InChI is InChI=1S/C18H13F6N3O5S/c1-29-14-10(25-3-2-11(14)30-7-17(20,21)22)6-33(28)16-26-8-4-12-13(5-9(8)27-16)32-18(23,24)15(19)31-12/h2-5,15H,6-7H2,1H3,(H,26,27). The maximum atomic E-state index is 13.4. The zero-order chi connectivity index (χ0) is 24.0. The zero-order valence-corrected chi connectivity index (χ0v) is 17.2. The number of benzene rings is 1. The second kappa shape index (κ2) is 8.28. The molecule has 0 fully saturated rings. The van der Waals surface area contributed by atoms with E-state index in [2.05, 4.69) is 24.4 Å². The van der Waals surface area contributed by atoms with Crippen LogP contribution in [0.1, 0.15) is 5.69 Å². The average Bonchev–Trinajstić information content (AvgIpc) is 3.14. The Bertz CT molecular complexity index is 1220. The van der Waals surface area contributed by atoms with Crippen LogP contribution in [0.25, 0.3) is 11.0 Å². The van der Waals surface area contributed by atoms with E-state index in [1.165, 1.54) is 7.11 Å². The summed E-state index contributed by atoms with van der Waals surface area (Å²) in [5, 5.41) is -0.110. The van der Waals surface area contributed by atoms with Crippen molar-refractivity contribution in [3.05, 3.63) is 30.1 Å². The molecule has 0 bridgehead atoms. The molecule has 8 nitrogen and oxygen atoms in total. The molecule has 1 aliphatic heterocycles. The first-order valence-corrected chi connectivity index (χ1v) is 10.3. The number of aromatic nitrogens is 3. The first-order chi connectivity index (χ1) is 15.5. The van der Waals surface area contributed by atoms with Crippen LogP contribution in [0.3, 0.4) is 0 Å². The van der Waals surface area contributed by atoms with E-state index in [4.69, 9.17) is 9.47 Å². The summed E-state index contributed by atoms with van der Waals surface area (Å²) in [6.45, 7) is -1.56. The second-order valence-corrected chi connectivity index (χ2v) is 8.00. The third-order valence-corrected chi connectivity index (χ3v) is 5.45. The summed E-state index contributed by atoms with van der Waals surface area (Å²) in [6, 6.07) is 3.38. The van der Waals surface area contributed by atoms with Gasteiger partial charge in [0.05, 0.1) is 40.4 Å². The molecule has 3 heterocycles. The molecule has 0 radical (unpaired) electrons. The number of nitrogens with zero attached hydrogens (tertiary/aromatic N) is 2. The smallest absolute Gasteiger partial charge is 0.468 e. The van der Waals surface area contributed by atoms with Crippen LogP contribution in [-0.4, -0.2) is 51.5 Å². The molecule has 0 spiro atoms. The fraction of sp³-hybridized carbons (Fsp3) is 0.333. The van der Waals surface area contributed by atoms with Gasteiger partial charge < -0.3 is 23.9 Å². The Kier molecular flexibility index (Phi) is 5.76. The molecule has 2 unspecified atom stereocenters. The minimum absolute atomic E-state index is 0.0295. The molecule has 15 heteroatoms. The molecule has 0 saturated carbocycles. The van der Waals surface area contributed by atoms with Crippen LogP contribution >= 0.6 is 0 Å². The average molecular weight is 497 g/mol. The number of methoxy groups -OCH3 is 1. The first kappa shape index (κ1) is 22.9. The van der Waals surface area contributed by atoms with Gasteiger partial charge in [-0.2, -0.15) is 26.3 Å². The van der Waals surface area contributed by atoms with Crippen LogP contribution in [0.5, 0.6) is 23.0 Å². The second-order valence-electron chi connectivity index (χ2n) is 6.64. The summed E-state index contributed by atoms with van der Waals surface area (Å²) < 4.78 is 109. The summed E-state index contributed by atoms with van der Waals surface area (Å²) in [5.74, 6) is -1.48. The van der Waals surface area contributed by atoms with Crippen LogP contribution < -0.4 is 18.9 Å². The molecule has 1 aliphatic rings. The molecule has 1 N–H and O–H groups in total. The molecule has 2 aromatic heterocycles. The van der Waals surface area contributed by atoms with Gasteiger partial charge in [-0.1, -0.05) is 0 Å². The maximum absolute atomic E-state index is 13.4. The predicted molar refractivity (Wildman–Crippen MR) is 99.6 cm³/mol. The van der Waals surface area contributed by atoms with Crippen molar-refractivity contribution in [1.29, 1.82) is 0 Å². The molecule has 2 atom stereocenters. The van der Waals surface area contributed by atoms with E-state index in [1.807, 2.05) is 0 Å². The van der Waals surface area contributed by atoms with Crippen LogP contribution in [0.15, 0.2) is 29.6 Å². The maximum Gasteiger partial charge on any atom is 0.468 e. The lowest BCUT2D eigenvalue weighted by Crippen LogP contribution is -2.43. The van der Waals surface area contributed by atoms with E-state index >= 15 is 0 Å². The fourth-order valence-electron chi connectivity index (χ4n) is 2.91. The SMILES string of the molecule is COc1c(OCC(F)(F)F)ccnc1CS(=O)c1nc2cc3c(cc2[nH]1)OC(F)(F)C(F)O3. The number of hydrogen-bond donors (Lipinski definition) is 1. The number of aromatic amines is 1. The Labute approximate surface area is 183 Å². The normalized spacial score (nSPS) is 18.2. The molecule has 33 heavy (non-hydrogen) atoms. The zero-order valence-electron chi connectivity index (χ0n) is 16.4. The van der Waals surface area contributed by atoms with Gasteiger partial charge >= 0.3 is 18.6 Å². The van der Waals surface area contributed by atoms with Gasteiger partial charge in [0, 0.05) is 24.4 Å². The Balaban J connectivity index is 1.58. The van der Waals surface area contributed by atoms with Crippen LogP contribution in [0, 0.1) is 0 Å². The van der Waals surface area contributed by atoms with Crippen LogP contribution in [-0.2, 0) is 16.6 Å². The van der Waals surface area contributed by atoms with Gasteiger partial charge in [-0.15, -0.1) is 0 Å². The summed E-state index contributed by atoms with van der Waals surface area (Å²) in [6.07, 6.45) is -10.6. The molecule has 0 amide bonds. The van der Waals surface area contributed by atoms with E-state index < -0.39 is 41.8 Å². The number of ether oxygens (including phenoxy) is 4. The summed E-state index contributed by atoms with van der Waals surface area (Å²) in [5.41, 5.74) is 0.304. The van der Waals surface area contributed by atoms with Crippen LogP contribution in [0.4, 0.5) is 26.3 Å². The number of nitrogens with one attached hydrogen (secondary N) is 1. The minimum atomic E-state index is -4.58. The van der Waals surface area contributed by atoms with E-state index in [-0.39, 0.29) is 44.9 Å². The first-order valence-electron chi connectivity index (χ1n) is 8.98. The molecule has 0 saturated heterocycles. The van der Waals surface area contributed by atoms with E-state index in [0.717, 1.165) is 24.4 Å². The summed E-state index contributed by atoms with van der Waals surface area (Å²) >= 11 is 0. The van der Waals surface area contributed by atoms with Gasteiger partial charge in [0.25, 0.3) is 0 Å². The monoisotopic (exact) mass is 497 g/mol. The van der Waals surface area contributed by atoms with Gasteiger partial charge in [0.15, 0.2) is 34.8 Å². The highest BCUT2D eigenvalue weighted by molar-refractivity contribution is 7.84.